The second-order valence-electron chi connectivity index (χ2n) is 8.42. The fourth-order valence-electron chi connectivity index (χ4n) is 4.33. The van der Waals surface area contributed by atoms with E-state index in [9.17, 15) is 24.3 Å². The van der Waals surface area contributed by atoms with Crippen molar-refractivity contribution < 1.29 is 24.2 Å². The molecule has 2 aliphatic rings. The van der Waals surface area contributed by atoms with Gasteiger partial charge in [-0.1, -0.05) is 36.4 Å². The van der Waals surface area contributed by atoms with E-state index in [0.29, 0.717) is 31.5 Å². The fraction of sp³-hybridized carbons (Fsp3) is 0.417. The molecule has 0 unspecified atom stereocenters. The molecule has 0 atom stereocenters. The highest BCUT2D eigenvalue weighted by Gasteiger charge is 2.32. The van der Waals surface area contributed by atoms with E-state index in [1.54, 1.807) is 27.8 Å². The zero-order chi connectivity index (χ0) is 24.1. The number of carbonyl (C=O) groups excluding carboxylic acids is 3. The van der Waals surface area contributed by atoms with Gasteiger partial charge in [0.25, 0.3) is 5.56 Å². The lowest BCUT2D eigenvalue weighted by molar-refractivity contribution is -0.134. The highest BCUT2D eigenvalue weighted by molar-refractivity contribution is 5.96. The average molecular weight is 469 g/mol. The third kappa shape index (κ3) is 5.12. The van der Waals surface area contributed by atoms with Crippen molar-refractivity contribution in [2.75, 3.05) is 26.4 Å². The van der Waals surface area contributed by atoms with Gasteiger partial charge in [0.05, 0.1) is 6.54 Å². The van der Waals surface area contributed by atoms with Gasteiger partial charge in [-0.2, -0.15) is 0 Å². The van der Waals surface area contributed by atoms with E-state index in [4.69, 9.17) is 4.74 Å². The van der Waals surface area contributed by atoms with E-state index in [0.717, 1.165) is 10.5 Å². The van der Waals surface area contributed by atoms with Crippen LogP contribution in [0.5, 0.6) is 0 Å². The Balaban J connectivity index is 1.35. The Kier molecular flexibility index (Phi) is 7.27. The number of hydrogen-bond donors (Lipinski definition) is 1. The van der Waals surface area contributed by atoms with Gasteiger partial charge >= 0.3 is 12.1 Å². The quantitative estimate of drug-likeness (QED) is 0.693. The average Bonchev–Trinajstić information content (AvgIpc) is 2.86. The van der Waals surface area contributed by atoms with E-state index >= 15 is 0 Å². The number of hydrogen-bond acceptors (Lipinski definition) is 6. The summed E-state index contributed by atoms with van der Waals surface area (Å²) in [6.45, 7) is 0.758. The molecule has 1 aromatic carbocycles. The molecule has 2 aliphatic heterocycles. The number of rotatable bonds is 6. The van der Waals surface area contributed by atoms with Gasteiger partial charge in [-0.25, -0.2) is 14.5 Å². The molecular weight excluding hydrogens is 440 g/mol. The molecule has 1 N–H and O–H groups in total. The minimum atomic E-state index is -0.681. The molecule has 4 amide bonds. The second kappa shape index (κ2) is 10.5. The molecule has 3 heterocycles. The summed E-state index contributed by atoms with van der Waals surface area (Å²) >= 11 is 0. The number of aliphatic hydroxyl groups is 1. The van der Waals surface area contributed by atoms with Crippen molar-refractivity contribution in [2.45, 2.75) is 38.5 Å². The molecule has 180 valence electrons. The summed E-state index contributed by atoms with van der Waals surface area (Å²) in [6, 6.07) is 12.2. The Morgan fingerprint density at radius 3 is 2.44 bits per heavy atom. The largest absolute Gasteiger partial charge is 0.445 e. The van der Waals surface area contributed by atoms with Gasteiger partial charge in [0, 0.05) is 43.9 Å². The van der Waals surface area contributed by atoms with Crippen LogP contribution in [-0.4, -0.2) is 68.8 Å². The van der Waals surface area contributed by atoms with E-state index in [1.807, 2.05) is 30.3 Å². The molecule has 0 spiro atoms. The topological polar surface area (TPSA) is 112 Å². The lowest BCUT2D eigenvalue weighted by Gasteiger charge is -2.34. The Morgan fingerprint density at radius 2 is 1.74 bits per heavy atom. The van der Waals surface area contributed by atoms with Crippen LogP contribution in [0.1, 0.15) is 36.4 Å². The Labute approximate surface area is 196 Å². The smallest absolute Gasteiger partial charge is 0.410 e. The number of pyridine rings is 1. The Hall–Kier alpha value is -3.66. The molecule has 0 bridgehead atoms. The van der Waals surface area contributed by atoms with Gasteiger partial charge in [0.1, 0.15) is 13.3 Å². The summed E-state index contributed by atoms with van der Waals surface area (Å²) in [5.74, 6) is -0.428. The number of aliphatic hydroxyl groups excluding tert-OH is 1. The minimum absolute atomic E-state index is 0.0624. The molecule has 2 aromatic rings. The van der Waals surface area contributed by atoms with Crippen molar-refractivity contribution in [2.24, 2.45) is 0 Å². The predicted octanol–water partition coefficient (Wildman–Crippen LogP) is 1.93. The lowest BCUT2D eigenvalue weighted by atomic mass is 10.0. The first-order chi connectivity index (χ1) is 16.5. The summed E-state index contributed by atoms with van der Waals surface area (Å²) in [6.07, 6.45) is 2.68. The predicted molar refractivity (Wildman–Crippen MR) is 122 cm³/mol. The molecule has 0 radical (unpaired) electrons. The normalized spacial score (nSPS) is 17.3. The molecule has 10 nitrogen and oxygen atoms in total. The van der Waals surface area contributed by atoms with Crippen LogP contribution in [0.25, 0.3) is 0 Å². The standard InChI is InChI=1S/C24H28N4O6/c29-17-28-21(30)10-14-26(23(28)32)15-19-7-4-11-27(22(19)31)20-8-12-25(13-9-20)24(33)34-16-18-5-2-1-3-6-18/h1-7,11,20,29H,8-10,12-17H2. The van der Waals surface area contributed by atoms with E-state index in [2.05, 4.69) is 0 Å². The second-order valence-corrected chi connectivity index (χ2v) is 8.42. The van der Waals surface area contributed by atoms with E-state index < -0.39 is 18.7 Å². The number of ether oxygens (including phenoxy) is 1. The first-order valence-electron chi connectivity index (χ1n) is 11.3. The third-order valence-corrected chi connectivity index (χ3v) is 6.28. The molecule has 1 aromatic heterocycles. The summed E-state index contributed by atoms with van der Waals surface area (Å²) in [5.41, 5.74) is 1.16. The zero-order valence-electron chi connectivity index (χ0n) is 18.8. The van der Waals surface area contributed by atoms with Gasteiger partial charge in [-0.05, 0) is 24.5 Å². The highest BCUT2D eigenvalue weighted by Crippen LogP contribution is 2.22. The van der Waals surface area contributed by atoms with Crippen LogP contribution in [0.4, 0.5) is 9.59 Å². The number of aromatic nitrogens is 1. The van der Waals surface area contributed by atoms with Crippen molar-refractivity contribution in [3.8, 4) is 0 Å². The summed E-state index contributed by atoms with van der Waals surface area (Å²) in [4.78, 5) is 53.6. The maximum Gasteiger partial charge on any atom is 0.410 e. The monoisotopic (exact) mass is 468 g/mol. The summed E-state index contributed by atoms with van der Waals surface area (Å²) in [7, 11) is 0. The summed E-state index contributed by atoms with van der Waals surface area (Å²) in [5, 5.41) is 9.29. The van der Waals surface area contributed by atoms with Crippen LogP contribution in [0.2, 0.25) is 0 Å². The van der Waals surface area contributed by atoms with E-state index in [-0.39, 0.29) is 43.8 Å². The maximum atomic E-state index is 13.1. The van der Waals surface area contributed by atoms with Crippen LogP contribution in [0.3, 0.4) is 0 Å². The molecule has 0 saturated carbocycles. The Bertz CT molecular complexity index is 1090. The van der Waals surface area contributed by atoms with Gasteiger partial charge in [0.2, 0.25) is 5.91 Å². The number of likely N-dealkylation sites (tertiary alicyclic amines) is 1. The lowest BCUT2D eigenvalue weighted by Crippen LogP contribution is -2.52. The first-order valence-corrected chi connectivity index (χ1v) is 11.3. The van der Waals surface area contributed by atoms with Gasteiger partial charge in [-0.15, -0.1) is 0 Å². The molecular formula is C24H28N4O6. The Morgan fingerprint density at radius 1 is 1.00 bits per heavy atom. The third-order valence-electron chi connectivity index (χ3n) is 6.28. The molecule has 0 aliphatic carbocycles. The van der Waals surface area contributed by atoms with Crippen molar-refractivity contribution in [3.63, 3.8) is 0 Å². The molecule has 10 heteroatoms. The molecule has 2 fully saturated rings. The van der Waals surface area contributed by atoms with Crippen LogP contribution in [0.15, 0.2) is 53.5 Å². The number of amides is 4. The zero-order valence-corrected chi connectivity index (χ0v) is 18.8. The van der Waals surface area contributed by atoms with Crippen molar-refractivity contribution in [3.05, 3.63) is 70.1 Å². The maximum absolute atomic E-state index is 13.1. The summed E-state index contributed by atoms with van der Waals surface area (Å²) < 4.78 is 7.06. The van der Waals surface area contributed by atoms with Crippen molar-refractivity contribution >= 4 is 18.0 Å². The highest BCUT2D eigenvalue weighted by atomic mass is 16.6. The van der Waals surface area contributed by atoms with E-state index in [1.165, 1.54) is 4.90 Å². The molecule has 34 heavy (non-hydrogen) atoms. The number of urea groups is 1. The number of nitrogens with zero attached hydrogens (tertiary/aromatic N) is 4. The fourth-order valence-corrected chi connectivity index (χ4v) is 4.33. The number of imide groups is 1. The molecule has 4 rings (SSSR count). The number of benzene rings is 1. The van der Waals surface area contributed by atoms with Crippen LogP contribution in [0, 0.1) is 0 Å². The number of piperidine rings is 1. The first kappa shape index (κ1) is 23.5. The van der Waals surface area contributed by atoms with Crippen LogP contribution >= 0.6 is 0 Å². The van der Waals surface area contributed by atoms with Crippen molar-refractivity contribution in [1.82, 2.24) is 19.3 Å². The van der Waals surface area contributed by atoms with Crippen LogP contribution in [-0.2, 0) is 22.7 Å². The number of carbonyl (C=O) groups is 3. The van der Waals surface area contributed by atoms with Gasteiger partial charge < -0.3 is 24.2 Å². The van der Waals surface area contributed by atoms with Gasteiger partial charge in [0.15, 0.2) is 0 Å². The van der Waals surface area contributed by atoms with Crippen LogP contribution < -0.4 is 5.56 Å². The SMILES string of the molecule is O=C(OCc1ccccc1)N1CCC(n2cccc(CN3CCC(=O)N(CO)C3=O)c2=O)CC1. The van der Waals surface area contributed by atoms with Crippen molar-refractivity contribution in [1.29, 1.82) is 0 Å². The molecule has 2 saturated heterocycles. The minimum Gasteiger partial charge on any atom is -0.445 e. The van der Waals surface area contributed by atoms with Gasteiger partial charge in [-0.3, -0.25) is 9.59 Å².